The predicted molar refractivity (Wildman–Crippen MR) is 69.8 cm³/mol. The Balaban J connectivity index is 2.57. The summed E-state index contributed by atoms with van der Waals surface area (Å²) >= 11 is 0. The van der Waals surface area contributed by atoms with Crippen molar-refractivity contribution in [3.63, 3.8) is 0 Å². The zero-order valence-corrected chi connectivity index (χ0v) is 11.0. The SMILES string of the molecule is CCN(Cc1cccc(C)n1)CC(CN)OC. The van der Waals surface area contributed by atoms with Crippen molar-refractivity contribution in [2.45, 2.75) is 26.5 Å². The molecule has 0 radical (unpaired) electrons. The van der Waals surface area contributed by atoms with Crippen LogP contribution in [0.1, 0.15) is 18.3 Å². The van der Waals surface area contributed by atoms with Gasteiger partial charge >= 0.3 is 0 Å². The van der Waals surface area contributed by atoms with Gasteiger partial charge in [0.25, 0.3) is 0 Å². The zero-order chi connectivity index (χ0) is 12.7. The fourth-order valence-corrected chi connectivity index (χ4v) is 1.76. The van der Waals surface area contributed by atoms with E-state index in [1.807, 2.05) is 19.1 Å². The summed E-state index contributed by atoms with van der Waals surface area (Å²) in [5.74, 6) is 0. The van der Waals surface area contributed by atoms with Crippen LogP contribution in [0.4, 0.5) is 0 Å². The van der Waals surface area contributed by atoms with E-state index in [4.69, 9.17) is 10.5 Å². The van der Waals surface area contributed by atoms with Gasteiger partial charge in [0.15, 0.2) is 0 Å². The summed E-state index contributed by atoms with van der Waals surface area (Å²) in [6, 6.07) is 6.11. The van der Waals surface area contributed by atoms with Gasteiger partial charge in [-0.3, -0.25) is 9.88 Å². The predicted octanol–water partition coefficient (Wildman–Crippen LogP) is 1.19. The van der Waals surface area contributed by atoms with Gasteiger partial charge in [0.2, 0.25) is 0 Å². The quantitative estimate of drug-likeness (QED) is 0.774. The molecule has 1 heterocycles. The van der Waals surface area contributed by atoms with Crippen molar-refractivity contribution in [3.8, 4) is 0 Å². The largest absolute Gasteiger partial charge is 0.379 e. The zero-order valence-electron chi connectivity index (χ0n) is 11.0. The Hall–Kier alpha value is -0.970. The highest BCUT2D eigenvalue weighted by Gasteiger charge is 2.11. The molecule has 4 heteroatoms. The number of hydrogen-bond acceptors (Lipinski definition) is 4. The topological polar surface area (TPSA) is 51.4 Å². The van der Waals surface area contributed by atoms with Gasteiger partial charge in [-0.2, -0.15) is 0 Å². The number of hydrogen-bond donors (Lipinski definition) is 1. The molecule has 1 rings (SSSR count). The van der Waals surface area contributed by atoms with E-state index in [-0.39, 0.29) is 6.10 Å². The van der Waals surface area contributed by atoms with Crippen LogP contribution in [0, 0.1) is 6.92 Å². The van der Waals surface area contributed by atoms with Crippen LogP contribution < -0.4 is 5.73 Å². The molecule has 0 spiro atoms. The summed E-state index contributed by atoms with van der Waals surface area (Å²) in [5, 5.41) is 0. The third kappa shape index (κ3) is 4.81. The van der Waals surface area contributed by atoms with E-state index in [1.54, 1.807) is 7.11 Å². The summed E-state index contributed by atoms with van der Waals surface area (Å²) in [5.41, 5.74) is 7.79. The molecule has 2 N–H and O–H groups in total. The Morgan fingerprint density at radius 1 is 1.47 bits per heavy atom. The smallest absolute Gasteiger partial charge is 0.0820 e. The third-order valence-corrected chi connectivity index (χ3v) is 2.84. The highest BCUT2D eigenvalue weighted by Crippen LogP contribution is 2.04. The summed E-state index contributed by atoms with van der Waals surface area (Å²) in [6.45, 7) is 7.36. The van der Waals surface area contributed by atoms with E-state index in [1.165, 1.54) is 0 Å². The maximum atomic E-state index is 5.64. The van der Waals surface area contributed by atoms with E-state index in [0.29, 0.717) is 6.54 Å². The minimum atomic E-state index is 0.0970. The van der Waals surface area contributed by atoms with Crippen LogP contribution in [0.15, 0.2) is 18.2 Å². The fourth-order valence-electron chi connectivity index (χ4n) is 1.76. The van der Waals surface area contributed by atoms with Gasteiger partial charge < -0.3 is 10.5 Å². The summed E-state index contributed by atoms with van der Waals surface area (Å²) in [6.07, 6.45) is 0.0970. The highest BCUT2D eigenvalue weighted by atomic mass is 16.5. The van der Waals surface area contributed by atoms with Crippen molar-refractivity contribution < 1.29 is 4.74 Å². The number of likely N-dealkylation sites (N-methyl/N-ethyl adjacent to an activating group) is 1. The molecule has 0 aromatic carbocycles. The average molecular weight is 237 g/mol. The number of aromatic nitrogens is 1. The van der Waals surface area contributed by atoms with Crippen molar-refractivity contribution >= 4 is 0 Å². The first kappa shape index (κ1) is 14.1. The number of methoxy groups -OCH3 is 1. The van der Waals surface area contributed by atoms with Crippen molar-refractivity contribution in [1.82, 2.24) is 9.88 Å². The Labute approximate surface area is 104 Å². The van der Waals surface area contributed by atoms with Crippen LogP contribution in [-0.2, 0) is 11.3 Å². The van der Waals surface area contributed by atoms with E-state index in [0.717, 1.165) is 31.0 Å². The lowest BCUT2D eigenvalue weighted by molar-refractivity contribution is 0.0687. The van der Waals surface area contributed by atoms with Crippen molar-refractivity contribution in [2.75, 3.05) is 26.7 Å². The second-order valence-electron chi connectivity index (χ2n) is 4.19. The molecule has 0 aliphatic heterocycles. The lowest BCUT2D eigenvalue weighted by atomic mass is 10.2. The van der Waals surface area contributed by atoms with Gasteiger partial charge in [-0.15, -0.1) is 0 Å². The molecule has 1 aromatic rings. The maximum absolute atomic E-state index is 5.64. The van der Waals surface area contributed by atoms with Gasteiger partial charge in [-0.05, 0) is 25.6 Å². The van der Waals surface area contributed by atoms with E-state index < -0.39 is 0 Å². The molecule has 0 fully saturated rings. The van der Waals surface area contributed by atoms with Crippen LogP contribution >= 0.6 is 0 Å². The Morgan fingerprint density at radius 3 is 2.76 bits per heavy atom. The molecule has 0 aliphatic rings. The minimum Gasteiger partial charge on any atom is -0.379 e. The molecular formula is C13H23N3O. The summed E-state index contributed by atoms with van der Waals surface area (Å²) < 4.78 is 5.31. The second kappa shape index (κ2) is 7.37. The fraction of sp³-hybridized carbons (Fsp3) is 0.615. The monoisotopic (exact) mass is 237 g/mol. The highest BCUT2D eigenvalue weighted by molar-refractivity contribution is 5.09. The van der Waals surface area contributed by atoms with Crippen LogP contribution in [0.25, 0.3) is 0 Å². The van der Waals surface area contributed by atoms with Crippen LogP contribution in [0.5, 0.6) is 0 Å². The van der Waals surface area contributed by atoms with E-state index in [9.17, 15) is 0 Å². The summed E-state index contributed by atoms with van der Waals surface area (Å²) in [7, 11) is 1.70. The van der Waals surface area contributed by atoms with Gasteiger partial charge in [0, 0.05) is 32.4 Å². The Bertz CT molecular complexity index is 326. The number of aryl methyl sites for hydroxylation is 1. The second-order valence-corrected chi connectivity index (χ2v) is 4.19. The van der Waals surface area contributed by atoms with Crippen molar-refractivity contribution in [1.29, 1.82) is 0 Å². The Kier molecular flexibility index (Phi) is 6.11. The van der Waals surface area contributed by atoms with Gasteiger partial charge in [-0.25, -0.2) is 0 Å². The number of nitrogens with zero attached hydrogens (tertiary/aromatic N) is 2. The van der Waals surface area contributed by atoms with Crippen LogP contribution in [0.2, 0.25) is 0 Å². The van der Waals surface area contributed by atoms with E-state index >= 15 is 0 Å². The standard InChI is InChI=1S/C13H23N3O/c1-4-16(10-13(8-14)17-3)9-12-7-5-6-11(2)15-12/h5-7,13H,4,8-10,14H2,1-3H3. The van der Waals surface area contributed by atoms with Gasteiger partial charge in [-0.1, -0.05) is 13.0 Å². The molecule has 96 valence electrons. The number of ether oxygens (including phenoxy) is 1. The molecule has 0 aliphatic carbocycles. The molecular weight excluding hydrogens is 214 g/mol. The number of pyridine rings is 1. The average Bonchev–Trinajstić information content (AvgIpc) is 2.34. The first-order chi connectivity index (χ1) is 8.19. The molecule has 4 nitrogen and oxygen atoms in total. The van der Waals surface area contributed by atoms with Gasteiger partial charge in [0.05, 0.1) is 11.8 Å². The number of rotatable bonds is 7. The lowest BCUT2D eigenvalue weighted by Gasteiger charge is -2.24. The molecule has 0 bridgehead atoms. The Morgan fingerprint density at radius 2 is 2.24 bits per heavy atom. The molecule has 0 amide bonds. The van der Waals surface area contributed by atoms with Crippen molar-refractivity contribution in [3.05, 3.63) is 29.6 Å². The van der Waals surface area contributed by atoms with E-state index in [2.05, 4.69) is 22.9 Å². The van der Waals surface area contributed by atoms with Crippen molar-refractivity contribution in [2.24, 2.45) is 5.73 Å². The molecule has 0 saturated heterocycles. The lowest BCUT2D eigenvalue weighted by Crippen LogP contribution is -2.37. The molecule has 1 aromatic heterocycles. The minimum absolute atomic E-state index is 0.0970. The van der Waals surface area contributed by atoms with Crippen LogP contribution in [0.3, 0.4) is 0 Å². The van der Waals surface area contributed by atoms with Gasteiger partial charge in [0.1, 0.15) is 0 Å². The molecule has 0 saturated carbocycles. The summed E-state index contributed by atoms with van der Waals surface area (Å²) in [4.78, 5) is 6.80. The molecule has 1 unspecified atom stereocenters. The third-order valence-electron chi connectivity index (χ3n) is 2.84. The first-order valence-electron chi connectivity index (χ1n) is 6.07. The maximum Gasteiger partial charge on any atom is 0.0820 e. The molecule has 1 atom stereocenters. The number of nitrogens with two attached hydrogens (primary N) is 1. The molecule has 17 heavy (non-hydrogen) atoms. The normalized spacial score (nSPS) is 13.0. The first-order valence-corrected chi connectivity index (χ1v) is 6.07. The van der Waals surface area contributed by atoms with Crippen LogP contribution in [-0.4, -0.2) is 42.7 Å².